The maximum atomic E-state index is 5.55. The zero-order valence-corrected chi connectivity index (χ0v) is 14.0. The van der Waals surface area contributed by atoms with Crippen LogP contribution < -0.4 is 14.8 Å². The average Bonchev–Trinajstić information content (AvgIpc) is 2.59. The summed E-state index contributed by atoms with van der Waals surface area (Å²) in [4.78, 5) is 0. The average molecular weight is 309 g/mol. The number of benzene rings is 2. The molecular formula is C20H23NO2. The third-order valence-electron chi connectivity index (χ3n) is 5.33. The minimum absolute atomic E-state index is 0.454. The summed E-state index contributed by atoms with van der Waals surface area (Å²) in [5, 5.41) is 3.63. The predicted octanol–water partition coefficient (Wildman–Crippen LogP) is 4.13. The fourth-order valence-corrected chi connectivity index (χ4v) is 4.18. The van der Waals surface area contributed by atoms with Gasteiger partial charge in [0.2, 0.25) is 0 Å². The molecule has 0 bridgehead atoms. The van der Waals surface area contributed by atoms with Gasteiger partial charge >= 0.3 is 0 Å². The topological polar surface area (TPSA) is 30.5 Å². The van der Waals surface area contributed by atoms with E-state index >= 15 is 0 Å². The molecule has 1 N–H and O–H groups in total. The fourth-order valence-electron chi connectivity index (χ4n) is 4.18. The lowest BCUT2D eigenvalue weighted by Gasteiger charge is -2.39. The number of methoxy groups -OCH3 is 2. The summed E-state index contributed by atoms with van der Waals surface area (Å²) in [5.41, 5.74) is 6.81. The van der Waals surface area contributed by atoms with Crippen LogP contribution in [-0.4, -0.2) is 20.8 Å². The molecule has 1 aliphatic carbocycles. The van der Waals surface area contributed by atoms with Gasteiger partial charge in [0.1, 0.15) is 0 Å². The number of nitrogens with one attached hydrogen (secondary N) is 1. The lowest BCUT2D eigenvalue weighted by Crippen LogP contribution is -2.32. The number of hydrogen-bond donors (Lipinski definition) is 1. The quantitative estimate of drug-likeness (QED) is 0.904. The first-order valence-electron chi connectivity index (χ1n) is 8.30. The second kappa shape index (κ2) is 5.48. The number of ether oxygens (including phenoxy) is 2. The molecule has 3 nitrogen and oxygen atoms in total. The van der Waals surface area contributed by atoms with Gasteiger partial charge in [-0.2, -0.15) is 0 Å². The Hall–Kier alpha value is -2.16. The summed E-state index contributed by atoms with van der Waals surface area (Å²) >= 11 is 0. The third kappa shape index (κ3) is 2.26. The number of aryl methyl sites for hydroxylation is 2. The molecule has 2 atom stereocenters. The van der Waals surface area contributed by atoms with Crippen LogP contribution in [0.25, 0.3) is 0 Å². The smallest absolute Gasteiger partial charge is 0.161 e. The van der Waals surface area contributed by atoms with E-state index < -0.39 is 0 Å². The molecule has 0 radical (unpaired) electrons. The van der Waals surface area contributed by atoms with Crippen molar-refractivity contribution in [1.82, 2.24) is 0 Å². The van der Waals surface area contributed by atoms with Crippen LogP contribution in [0.3, 0.4) is 0 Å². The zero-order valence-electron chi connectivity index (χ0n) is 14.0. The first kappa shape index (κ1) is 14.4. The second-order valence-electron chi connectivity index (χ2n) is 6.65. The van der Waals surface area contributed by atoms with Crippen molar-refractivity contribution in [2.24, 2.45) is 5.92 Å². The van der Waals surface area contributed by atoms with Crippen LogP contribution in [0.1, 0.15) is 34.6 Å². The molecular weight excluding hydrogens is 286 g/mol. The summed E-state index contributed by atoms with van der Waals surface area (Å²) in [6.07, 6.45) is 2.33. The van der Waals surface area contributed by atoms with Crippen molar-refractivity contribution < 1.29 is 9.47 Å². The van der Waals surface area contributed by atoms with E-state index in [0.717, 1.165) is 24.5 Å². The minimum Gasteiger partial charge on any atom is -0.493 e. The van der Waals surface area contributed by atoms with Crippen molar-refractivity contribution in [2.75, 3.05) is 26.1 Å². The lowest BCUT2D eigenvalue weighted by atomic mass is 9.69. The van der Waals surface area contributed by atoms with Crippen LogP contribution in [0.5, 0.6) is 11.5 Å². The van der Waals surface area contributed by atoms with E-state index in [9.17, 15) is 0 Å². The van der Waals surface area contributed by atoms with Gasteiger partial charge in [-0.25, -0.2) is 0 Å². The molecule has 0 spiro atoms. The summed E-state index contributed by atoms with van der Waals surface area (Å²) in [6, 6.07) is 11.1. The summed E-state index contributed by atoms with van der Waals surface area (Å²) in [7, 11) is 3.42. The summed E-state index contributed by atoms with van der Waals surface area (Å²) in [5.74, 6) is 2.77. The molecule has 2 aromatic rings. The van der Waals surface area contributed by atoms with E-state index in [1.165, 1.54) is 34.4 Å². The maximum absolute atomic E-state index is 5.55. The molecule has 0 fully saturated rings. The predicted molar refractivity (Wildman–Crippen MR) is 92.9 cm³/mol. The highest BCUT2D eigenvalue weighted by Gasteiger charge is 2.35. The molecule has 1 heterocycles. The van der Waals surface area contributed by atoms with Gasteiger partial charge in [-0.1, -0.05) is 12.1 Å². The maximum Gasteiger partial charge on any atom is 0.161 e. The Morgan fingerprint density at radius 3 is 2.57 bits per heavy atom. The van der Waals surface area contributed by atoms with Crippen LogP contribution in [-0.2, 0) is 6.42 Å². The molecule has 2 aromatic carbocycles. The van der Waals surface area contributed by atoms with Gasteiger partial charge in [0, 0.05) is 18.2 Å². The molecule has 0 unspecified atom stereocenters. The van der Waals surface area contributed by atoms with Crippen molar-refractivity contribution in [3.05, 3.63) is 52.6 Å². The zero-order chi connectivity index (χ0) is 16.0. The van der Waals surface area contributed by atoms with Gasteiger partial charge in [0.15, 0.2) is 11.5 Å². The Balaban J connectivity index is 1.88. The summed E-state index contributed by atoms with van der Waals surface area (Å²) < 4.78 is 11.0. The molecule has 2 aliphatic rings. The highest BCUT2D eigenvalue weighted by atomic mass is 16.5. The SMILES string of the molecule is COc1cc2c(cc1OC)[C@H]1c3ccc(C)cc3NC[C@@H]1CC2. The van der Waals surface area contributed by atoms with Crippen molar-refractivity contribution in [3.8, 4) is 11.5 Å². The number of rotatable bonds is 2. The number of hydrogen-bond acceptors (Lipinski definition) is 3. The van der Waals surface area contributed by atoms with Gasteiger partial charge in [-0.15, -0.1) is 0 Å². The van der Waals surface area contributed by atoms with E-state index in [-0.39, 0.29) is 0 Å². The Morgan fingerprint density at radius 1 is 1.00 bits per heavy atom. The molecule has 0 amide bonds. The Labute approximate surface area is 137 Å². The lowest BCUT2D eigenvalue weighted by molar-refractivity contribution is 0.350. The van der Waals surface area contributed by atoms with Gasteiger partial charge in [-0.05, 0) is 66.1 Å². The normalized spacial score (nSPS) is 21.5. The highest BCUT2D eigenvalue weighted by Crippen LogP contribution is 2.48. The van der Waals surface area contributed by atoms with Crippen LogP contribution in [0.2, 0.25) is 0 Å². The van der Waals surface area contributed by atoms with E-state index in [2.05, 4.69) is 42.6 Å². The molecule has 3 heteroatoms. The molecule has 23 heavy (non-hydrogen) atoms. The summed E-state index contributed by atoms with van der Waals surface area (Å²) in [6.45, 7) is 3.20. The minimum atomic E-state index is 0.454. The molecule has 1 aliphatic heterocycles. The Kier molecular flexibility index (Phi) is 3.44. The van der Waals surface area contributed by atoms with Crippen LogP contribution in [0.4, 0.5) is 5.69 Å². The van der Waals surface area contributed by atoms with Gasteiger partial charge in [0.05, 0.1) is 14.2 Å². The highest BCUT2D eigenvalue weighted by molar-refractivity contribution is 5.62. The van der Waals surface area contributed by atoms with Gasteiger partial charge < -0.3 is 14.8 Å². The molecule has 0 saturated heterocycles. The molecule has 0 saturated carbocycles. The Bertz CT molecular complexity index is 754. The van der Waals surface area contributed by atoms with Crippen LogP contribution in [0.15, 0.2) is 30.3 Å². The van der Waals surface area contributed by atoms with Crippen LogP contribution in [0, 0.1) is 12.8 Å². The van der Waals surface area contributed by atoms with Crippen molar-refractivity contribution in [3.63, 3.8) is 0 Å². The van der Waals surface area contributed by atoms with E-state index in [4.69, 9.17) is 9.47 Å². The number of fused-ring (bicyclic) bond motifs is 5. The molecule has 0 aromatic heterocycles. The molecule has 120 valence electrons. The molecule has 4 rings (SSSR count). The van der Waals surface area contributed by atoms with Crippen molar-refractivity contribution >= 4 is 5.69 Å². The van der Waals surface area contributed by atoms with Crippen molar-refractivity contribution in [2.45, 2.75) is 25.7 Å². The van der Waals surface area contributed by atoms with E-state index in [1.807, 2.05) is 0 Å². The van der Waals surface area contributed by atoms with Gasteiger partial charge in [0.25, 0.3) is 0 Å². The number of anilines is 1. The monoisotopic (exact) mass is 309 g/mol. The second-order valence-corrected chi connectivity index (χ2v) is 6.65. The van der Waals surface area contributed by atoms with Crippen LogP contribution >= 0.6 is 0 Å². The Morgan fingerprint density at radius 2 is 1.78 bits per heavy atom. The fraction of sp³-hybridized carbons (Fsp3) is 0.400. The third-order valence-corrected chi connectivity index (χ3v) is 5.33. The first-order chi connectivity index (χ1) is 11.2. The van der Waals surface area contributed by atoms with E-state index in [1.54, 1.807) is 14.2 Å². The largest absolute Gasteiger partial charge is 0.493 e. The first-order valence-corrected chi connectivity index (χ1v) is 8.30. The van der Waals surface area contributed by atoms with Gasteiger partial charge in [-0.3, -0.25) is 0 Å². The van der Waals surface area contributed by atoms with E-state index in [0.29, 0.717) is 11.8 Å². The van der Waals surface area contributed by atoms with Crippen molar-refractivity contribution in [1.29, 1.82) is 0 Å². The standard InChI is InChI=1S/C20H23NO2/c1-12-4-7-15-17(8-12)21-11-14-6-5-13-9-18(22-2)19(23-3)10-16(13)20(14)15/h4,7-10,14,20-21H,5-6,11H2,1-3H3/t14-,20+/m0/s1.